The van der Waals surface area contributed by atoms with E-state index in [2.05, 4.69) is 5.32 Å². The molecule has 2 rings (SSSR count). The molecule has 1 aromatic carbocycles. The lowest BCUT2D eigenvalue weighted by Gasteiger charge is -2.38. The number of carboxylic acids is 1. The third-order valence-corrected chi connectivity index (χ3v) is 3.62. The number of methoxy groups -OCH3 is 1. The zero-order valence-electron chi connectivity index (χ0n) is 11.1. The second-order valence-electron chi connectivity index (χ2n) is 4.88. The summed E-state index contributed by atoms with van der Waals surface area (Å²) >= 11 is 0. The maximum absolute atomic E-state index is 13.7. The summed E-state index contributed by atoms with van der Waals surface area (Å²) in [6.45, 7) is 0. The van der Waals surface area contributed by atoms with Crippen molar-refractivity contribution < 1.29 is 23.8 Å². The maximum Gasteiger partial charge on any atom is 0.307 e. The standard InChI is InChI=1S/C14H16FNO4/c1-20-14(5-2-6-14)13(19)16-10-4-3-9(7-12(17)18)11(15)8-10/h3-4,8H,2,5-7H2,1H3,(H,16,19)(H,17,18). The molecule has 0 unspecified atom stereocenters. The van der Waals surface area contributed by atoms with E-state index in [1.165, 1.54) is 19.2 Å². The van der Waals surface area contributed by atoms with Crippen molar-refractivity contribution in [1.82, 2.24) is 0 Å². The Hall–Kier alpha value is -1.95. The Kier molecular flexibility index (Phi) is 4.04. The van der Waals surface area contributed by atoms with Crippen molar-refractivity contribution in [2.45, 2.75) is 31.3 Å². The molecule has 0 saturated heterocycles. The predicted octanol–water partition coefficient (Wildman–Crippen LogP) is 1.96. The van der Waals surface area contributed by atoms with Gasteiger partial charge in [0.25, 0.3) is 5.91 Å². The lowest BCUT2D eigenvalue weighted by atomic mass is 9.79. The number of hydrogen-bond acceptors (Lipinski definition) is 3. The van der Waals surface area contributed by atoms with Crippen LogP contribution in [-0.4, -0.2) is 29.7 Å². The second kappa shape index (κ2) is 5.58. The van der Waals surface area contributed by atoms with Gasteiger partial charge in [0.05, 0.1) is 6.42 Å². The van der Waals surface area contributed by atoms with E-state index < -0.39 is 17.4 Å². The zero-order valence-corrected chi connectivity index (χ0v) is 11.1. The Morgan fingerprint density at radius 2 is 2.15 bits per heavy atom. The van der Waals surface area contributed by atoms with Crippen molar-refractivity contribution in [3.8, 4) is 0 Å². The number of carbonyl (C=O) groups is 2. The van der Waals surface area contributed by atoms with Crippen LogP contribution in [0.1, 0.15) is 24.8 Å². The van der Waals surface area contributed by atoms with E-state index in [1.807, 2.05) is 0 Å². The van der Waals surface area contributed by atoms with Crippen LogP contribution in [0.2, 0.25) is 0 Å². The minimum atomic E-state index is -1.10. The van der Waals surface area contributed by atoms with Gasteiger partial charge in [0.15, 0.2) is 0 Å². The third-order valence-electron chi connectivity index (χ3n) is 3.62. The molecule has 1 amide bonds. The fraction of sp³-hybridized carbons (Fsp3) is 0.429. The highest BCUT2D eigenvalue weighted by molar-refractivity contribution is 5.98. The Labute approximate surface area is 115 Å². The van der Waals surface area contributed by atoms with E-state index >= 15 is 0 Å². The molecule has 0 bridgehead atoms. The number of hydrogen-bond donors (Lipinski definition) is 2. The zero-order chi connectivity index (χ0) is 14.8. The van der Waals surface area contributed by atoms with Crippen molar-refractivity contribution in [2.75, 3.05) is 12.4 Å². The van der Waals surface area contributed by atoms with E-state index in [1.54, 1.807) is 0 Å². The quantitative estimate of drug-likeness (QED) is 0.865. The Morgan fingerprint density at radius 3 is 2.60 bits per heavy atom. The predicted molar refractivity (Wildman–Crippen MR) is 70.0 cm³/mol. The first-order chi connectivity index (χ1) is 9.47. The molecule has 0 spiro atoms. The van der Waals surface area contributed by atoms with Crippen LogP contribution in [-0.2, 0) is 20.7 Å². The second-order valence-corrected chi connectivity index (χ2v) is 4.88. The average molecular weight is 281 g/mol. The van der Waals surface area contributed by atoms with Crippen LogP contribution in [0.25, 0.3) is 0 Å². The van der Waals surface area contributed by atoms with E-state index in [0.717, 1.165) is 12.5 Å². The number of halogens is 1. The van der Waals surface area contributed by atoms with E-state index in [9.17, 15) is 14.0 Å². The smallest absolute Gasteiger partial charge is 0.307 e. The summed E-state index contributed by atoms with van der Waals surface area (Å²) in [6.07, 6.45) is 1.83. The number of benzene rings is 1. The van der Waals surface area contributed by atoms with Crippen molar-refractivity contribution in [1.29, 1.82) is 0 Å². The molecule has 1 aromatic rings. The van der Waals surface area contributed by atoms with Gasteiger partial charge in [-0.3, -0.25) is 9.59 Å². The van der Waals surface area contributed by atoms with Crippen LogP contribution in [0.4, 0.5) is 10.1 Å². The van der Waals surface area contributed by atoms with E-state index in [-0.39, 0.29) is 17.9 Å². The molecule has 0 radical (unpaired) electrons. The fourth-order valence-corrected chi connectivity index (χ4v) is 2.20. The molecule has 6 heteroatoms. The van der Waals surface area contributed by atoms with Gasteiger partial charge in [0, 0.05) is 12.8 Å². The number of nitrogens with one attached hydrogen (secondary N) is 1. The van der Waals surface area contributed by atoms with Gasteiger partial charge in [-0.15, -0.1) is 0 Å². The molecule has 2 N–H and O–H groups in total. The van der Waals surface area contributed by atoms with Gasteiger partial charge in [-0.05, 0) is 37.0 Å². The van der Waals surface area contributed by atoms with Crippen LogP contribution in [0.3, 0.4) is 0 Å². The highest BCUT2D eigenvalue weighted by Crippen LogP contribution is 2.36. The van der Waals surface area contributed by atoms with Crippen LogP contribution < -0.4 is 5.32 Å². The topological polar surface area (TPSA) is 75.6 Å². The number of carboxylic acid groups (broad SMARTS) is 1. The van der Waals surface area contributed by atoms with Crippen molar-refractivity contribution in [3.05, 3.63) is 29.6 Å². The van der Waals surface area contributed by atoms with Crippen molar-refractivity contribution >= 4 is 17.6 Å². The molecule has 0 aliphatic heterocycles. The number of anilines is 1. The number of ether oxygens (including phenoxy) is 1. The van der Waals surface area contributed by atoms with E-state index in [4.69, 9.17) is 9.84 Å². The van der Waals surface area contributed by atoms with Gasteiger partial charge in [0.1, 0.15) is 11.4 Å². The molecule has 1 saturated carbocycles. The highest BCUT2D eigenvalue weighted by atomic mass is 19.1. The van der Waals surface area contributed by atoms with Crippen LogP contribution >= 0.6 is 0 Å². The molecule has 20 heavy (non-hydrogen) atoms. The van der Waals surface area contributed by atoms with Crippen LogP contribution in [0.5, 0.6) is 0 Å². The number of aliphatic carboxylic acids is 1. The number of rotatable bonds is 5. The summed E-state index contributed by atoms with van der Waals surface area (Å²) in [5.74, 6) is -2.05. The van der Waals surface area contributed by atoms with Gasteiger partial charge in [0.2, 0.25) is 0 Å². The van der Waals surface area contributed by atoms with Gasteiger partial charge in [-0.1, -0.05) is 6.07 Å². The van der Waals surface area contributed by atoms with Gasteiger partial charge in [-0.2, -0.15) is 0 Å². The Morgan fingerprint density at radius 1 is 1.45 bits per heavy atom. The van der Waals surface area contributed by atoms with Gasteiger partial charge in [-0.25, -0.2) is 4.39 Å². The van der Waals surface area contributed by atoms with E-state index in [0.29, 0.717) is 18.5 Å². The SMILES string of the molecule is COC1(C(=O)Nc2ccc(CC(=O)O)c(F)c2)CCC1. The molecular formula is C14H16FNO4. The van der Waals surface area contributed by atoms with Gasteiger partial charge >= 0.3 is 5.97 Å². The molecule has 0 heterocycles. The summed E-state index contributed by atoms with van der Waals surface area (Å²) < 4.78 is 18.9. The molecule has 108 valence electrons. The summed E-state index contributed by atoms with van der Waals surface area (Å²) in [5, 5.41) is 11.2. The highest BCUT2D eigenvalue weighted by Gasteiger charge is 2.44. The normalized spacial score (nSPS) is 16.3. The first-order valence-electron chi connectivity index (χ1n) is 6.34. The first kappa shape index (κ1) is 14.5. The minimum absolute atomic E-state index is 0.0839. The van der Waals surface area contributed by atoms with Crippen molar-refractivity contribution in [2.24, 2.45) is 0 Å². The maximum atomic E-state index is 13.7. The Bertz CT molecular complexity index is 534. The van der Waals surface area contributed by atoms with Crippen molar-refractivity contribution in [3.63, 3.8) is 0 Å². The largest absolute Gasteiger partial charge is 0.481 e. The average Bonchev–Trinajstić information content (AvgIpc) is 2.31. The number of carbonyl (C=O) groups excluding carboxylic acids is 1. The van der Waals surface area contributed by atoms with Gasteiger partial charge < -0.3 is 15.2 Å². The summed E-state index contributed by atoms with van der Waals surface area (Å²) in [5.41, 5.74) is -0.429. The summed E-state index contributed by atoms with van der Waals surface area (Å²) in [7, 11) is 1.48. The molecule has 5 nitrogen and oxygen atoms in total. The van der Waals surface area contributed by atoms with Crippen LogP contribution in [0, 0.1) is 5.82 Å². The third kappa shape index (κ3) is 2.80. The molecule has 0 atom stereocenters. The van der Waals surface area contributed by atoms with Crippen LogP contribution in [0.15, 0.2) is 18.2 Å². The fourth-order valence-electron chi connectivity index (χ4n) is 2.20. The molecule has 0 aromatic heterocycles. The number of amides is 1. The molecule has 1 aliphatic carbocycles. The first-order valence-corrected chi connectivity index (χ1v) is 6.34. The molecular weight excluding hydrogens is 265 g/mol. The lowest BCUT2D eigenvalue weighted by Crippen LogP contribution is -2.50. The minimum Gasteiger partial charge on any atom is -0.481 e. The molecule has 1 fully saturated rings. The summed E-state index contributed by atoms with van der Waals surface area (Å²) in [6, 6.07) is 3.97. The monoisotopic (exact) mass is 281 g/mol. The summed E-state index contributed by atoms with van der Waals surface area (Å²) in [4.78, 5) is 22.6. The molecule has 1 aliphatic rings. The lowest BCUT2D eigenvalue weighted by molar-refractivity contribution is -0.148. The Balaban J connectivity index is 2.08.